The molecule has 2 aromatic carbocycles. The number of rotatable bonds is 6. The molecule has 0 saturated carbocycles. The van der Waals surface area contributed by atoms with Gasteiger partial charge in [0.2, 0.25) is 5.91 Å². The zero-order valence-electron chi connectivity index (χ0n) is 14.0. The van der Waals surface area contributed by atoms with Crippen molar-refractivity contribution in [2.24, 2.45) is 0 Å². The van der Waals surface area contributed by atoms with Gasteiger partial charge in [0.1, 0.15) is 5.75 Å². The molecule has 0 bridgehead atoms. The Labute approximate surface area is 142 Å². The van der Waals surface area contributed by atoms with Crippen molar-refractivity contribution in [1.82, 2.24) is 0 Å². The Balaban J connectivity index is 2.01. The van der Waals surface area contributed by atoms with Gasteiger partial charge in [-0.2, -0.15) is 0 Å². The third kappa shape index (κ3) is 4.83. The number of amides is 1. The molecule has 6 heteroatoms. The second-order valence-corrected chi connectivity index (χ2v) is 7.66. The third-order valence-corrected chi connectivity index (χ3v) is 4.82. The second-order valence-electron chi connectivity index (χ2n) is 5.65. The lowest BCUT2D eigenvalue weighted by molar-refractivity contribution is -0.116. The SMILES string of the molecule is COc1ccc(CCC(=O)Nc2cc(S(C)(=O)=O)ccc2C)cc1. The Bertz CT molecular complexity index is 827. The maximum atomic E-state index is 12.1. The van der Waals surface area contributed by atoms with E-state index in [4.69, 9.17) is 4.74 Å². The first-order valence-electron chi connectivity index (χ1n) is 7.53. The molecule has 0 unspecified atom stereocenters. The molecular weight excluding hydrogens is 326 g/mol. The number of sulfone groups is 1. The van der Waals surface area contributed by atoms with Gasteiger partial charge in [-0.15, -0.1) is 0 Å². The van der Waals surface area contributed by atoms with E-state index < -0.39 is 9.84 Å². The smallest absolute Gasteiger partial charge is 0.224 e. The number of carbonyl (C=O) groups excluding carboxylic acids is 1. The summed E-state index contributed by atoms with van der Waals surface area (Å²) in [4.78, 5) is 12.3. The van der Waals surface area contributed by atoms with Gasteiger partial charge in [-0.3, -0.25) is 4.79 Å². The van der Waals surface area contributed by atoms with Crippen LogP contribution in [0.3, 0.4) is 0 Å². The standard InChI is InChI=1S/C18H21NO4S/c1-13-4-10-16(24(3,21)22)12-17(13)19-18(20)11-7-14-5-8-15(23-2)9-6-14/h4-6,8-10,12H,7,11H2,1-3H3,(H,19,20). The van der Waals surface area contributed by atoms with Crippen molar-refractivity contribution in [2.45, 2.75) is 24.7 Å². The molecule has 0 heterocycles. The van der Waals surface area contributed by atoms with E-state index in [0.29, 0.717) is 18.5 Å². The summed E-state index contributed by atoms with van der Waals surface area (Å²) in [5.41, 5.74) is 2.38. The average Bonchev–Trinajstić information content (AvgIpc) is 2.54. The lowest BCUT2D eigenvalue weighted by atomic mass is 10.1. The van der Waals surface area contributed by atoms with E-state index in [1.165, 1.54) is 12.1 Å². The molecule has 0 aliphatic heterocycles. The lowest BCUT2D eigenvalue weighted by Crippen LogP contribution is -2.13. The van der Waals surface area contributed by atoms with Crippen LogP contribution in [0.25, 0.3) is 0 Å². The van der Waals surface area contributed by atoms with Crippen LogP contribution in [0.1, 0.15) is 17.5 Å². The van der Waals surface area contributed by atoms with Crippen LogP contribution < -0.4 is 10.1 Å². The molecule has 2 aromatic rings. The molecule has 0 aromatic heterocycles. The molecule has 0 radical (unpaired) electrons. The Hall–Kier alpha value is -2.34. The maximum absolute atomic E-state index is 12.1. The Kier molecular flexibility index (Phi) is 5.62. The van der Waals surface area contributed by atoms with E-state index in [2.05, 4.69) is 5.32 Å². The zero-order valence-corrected chi connectivity index (χ0v) is 14.8. The van der Waals surface area contributed by atoms with Crippen LogP contribution in [0.5, 0.6) is 5.75 Å². The predicted molar refractivity (Wildman–Crippen MR) is 94.2 cm³/mol. The summed E-state index contributed by atoms with van der Waals surface area (Å²) in [5.74, 6) is 0.621. The number of hydrogen-bond donors (Lipinski definition) is 1. The van der Waals surface area contributed by atoms with Gasteiger partial charge in [0.25, 0.3) is 0 Å². The molecule has 0 fully saturated rings. The normalized spacial score (nSPS) is 11.1. The maximum Gasteiger partial charge on any atom is 0.224 e. The fourth-order valence-electron chi connectivity index (χ4n) is 2.23. The molecule has 24 heavy (non-hydrogen) atoms. The largest absolute Gasteiger partial charge is 0.497 e. The number of nitrogens with one attached hydrogen (secondary N) is 1. The molecule has 0 aliphatic carbocycles. The Morgan fingerprint density at radius 1 is 1.12 bits per heavy atom. The molecule has 0 atom stereocenters. The van der Waals surface area contributed by atoms with E-state index in [1.54, 1.807) is 13.2 Å². The minimum Gasteiger partial charge on any atom is -0.497 e. The van der Waals surface area contributed by atoms with E-state index in [-0.39, 0.29) is 10.8 Å². The quantitative estimate of drug-likeness (QED) is 0.872. The van der Waals surface area contributed by atoms with E-state index >= 15 is 0 Å². The van der Waals surface area contributed by atoms with Crippen LogP contribution >= 0.6 is 0 Å². The van der Waals surface area contributed by atoms with Crippen molar-refractivity contribution in [1.29, 1.82) is 0 Å². The fraction of sp³-hybridized carbons (Fsp3) is 0.278. The lowest BCUT2D eigenvalue weighted by Gasteiger charge is -2.10. The summed E-state index contributed by atoms with van der Waals surface area (Å²) in [5, 5.41) is 2.79. The number of ether oxygens (including phenoxy) is 1. The summed E-state index contributed by atoms with van der Waals surface area (Å²) in [6, 6.07) is 12.3. The predicted octanol–water partition coefficient (Wildman–Crippen LogP) is 2.98. The number of aryl methyl sites for hydroxylation is 2. The number of carbonyl (C=O) groups is 1. The van der Waals surface area contributed by atoms with Gasteiger partial charge in [0.05, 0.1) is 12.0 Å². The molecule has 5 nitrogen and oxygen atoms in total. The molecule has 1 amide bonds. The van der Waals surface area contributed by atoms with Crippen molar-refractivity contribution in [3.8, 4) is 5.75 Å². The van der Waals surface area contributed by atoms with E-state index in [9.17, 15) is 13.2 Å². The van der Waals surface area contributed by atoms with Crippen LogP contribution in [0.4, 0.5) is 5.69 Å². The van der Waals surface area contributed by atoms with Gasteiger partial charge in [0.15, 0.2) is 9.84 Å². The van der Waals surface area contributed by atoms with Crippen molar-refractivity contribution in [3.05, 3.63) is 53.6 Å². The molecule has 2 rings (SSSR count). The van der Waals surface area contributed by atoms with E-state index in [0.717, 1.165) is 23.1 Å². The van der Waals surface area contributed by atoms with E-state index in [1.807, 2.05) is 31.2 Å². The third-order valence-electron chi connectivity index (χ3n) is 3.71. The van der Waals surface area contributed by atoms with Crippen LogP contribution in [0, 0.1) is 6.92 Å². The number of methoxy groups -OCH3 is 1. The highest BCUT2D eigenvalue weighted by Crippen LogP contribution is 2.20. The summed E-state index contributed by atoms with van der Waals surface area (Å²) in [7, 11) is -1.70. The molecule has 1 N–H and O–H groups in total. The van der Waals surface area contributed by atoms with Crippen molar-refractivity contribution >= 4 is 21.4 Å². The summed E-state index contributed by atoms with van der Waals surface area (Å²) < 4.78 is 28.3. The average molecular weight is 347 g/mol. The molecule has 128 valence electrons. The van der Waals surface area contributed by atoms with Gasteiger partial charge in [0, 0.05) is 18.4 Å². The van der Waals surface area contributed by atoms with Crippen LogP contribution in [-0.2, 0) is 21.1 Å². The fourth-order valence-corrected chi connectivity index (χ4v) is 2.88. The molecular formula is C18H21NO4S. The molecule has 0 aliphatic rings. The summed E-state index contributed by atoms with van der Waals surface area (Å²) in [6.07, 6.45) is 2.06. The Morgan fingerprint density at radius 2 is 1.79 bits per heavy atom. The monoisotopic (exact) mass is 347 g/mol. The zero-order chi connectivity index (χ0) is 17.7. The van der Waals surface area contributed by atoms with Crippen molar-refractivity contribution in [2.75, 3.05) is 18.7 Å². The molecule has 0 spiro atoms. The van der Waals surface area contributed by atoms with Crippen LogP contribution in [-0.4, -0.2) is 27.7 Å². The van der Waals surface area contributed by atoms with Gasteiger partial charge < -0.3 is 10.1 Å². The van der Waals surface area contributed by atoms with Crippen molar-refractivity contribution in [3.63, 3.8) is 0 Å². The summed E-state index contributed by atoms with van der Waals surface area (Å²) in [6.45, 7) is 1.82. The van der Waals surface area contributed by atoms with Gasteiger partial charge >= 0.3 is 0 Å². The first-order chi connectivity index (χ1) is 11.3. The molecule has 0 saturated heterocycles. The van der Waals surface area contributed by atoms with Crippen molar-refractivity contribution < 1.29 is 17.9 Å². The highest BCUT2D eigenvalue weighted by molar-refractivity contribution is 7.90. The Morgan fingerprint density at radius 3 is 2.38 bits per heavy atom. The number of benzene rings is 2. The minimum absolute atomic E-state index is 0.153. The van der Waals surface area contributed by atoms with Crippen LogP contribution in [0.2, 0.25) is 0 Å². The second kappa shape index (κ2) is 7.49. The summed E-state index contributed by atoms with van der Waals surface area (Å²) >= 11 is 0. The topological polar surface area (TPSA) is 72.5 Å². The highest BCUT2D eigenvalue weighted by atomic mass is 32.2. The van der Waals surface area contributed by atoms with Crippen LogP contribution in [0.15, 0.2) is 47.4 Å². The highest BCUT2D eigenvalue weighted by Gasteiger charge is 2.11. The van der Waals surface area contributed by atoms with Gasteiger partial charge in [-0.25, -0.2) is 8.42 Å². The first-order valence-corrected chi connectivity index (χ1v) is 9.42. The van der Waals surface area contributed by atoms with Gasteiger partial charge in [-0.1, -0.05) is 18.2 Å². The minimum atomic E-state index is -3.30. The van der Waals surface area contributed by atoms with Gasteiger partial charge in [-0.05, 0) is 48.7 Å². The first kappa shape index (κ1) is 18.0. The number of hydrogen-bond acceptors (Lipinski definition) is 4. The number of anilines is 1.